The third-order valence-electron chi connectivity index (χ3n) is 9.24. The number of rotatable bonds is 25. The average Bonchev–Trinajstić information content (AvgIpc) is 1.81. The van der Waals surface area contributed by atoms with E-state index in [4.69, 9.17) is 11.7 Å². The number of halogens is 1. The topological polar surface area (TPSA) is 151 Å². The molecule has 0 aliphatic heterocycles. The molecule has 2 saturated carbocycles. The standard InChI is InChI=1S/C7H15N.3C7H17N.C6H13N.C5H12FN.C5H14N2.C5H10N2.2C5H13N.C4H11NO.11C3H8/c1-6(2)8-5-7-3-4-7;1-6(2)8-7(3,4)5;1-6(2)5-8-7(3)4;1-5-6-8(4)7(2)3;1-5(2)7-6-3-4-6;1-5(2)7-4-3-6;1-5(2)6-7(3)4;1-5(2)7-4-6-3;2*1-4-6-5(2)3;1-4(2)5-3-6;11*1-3-2/h6-8H,3-5H2,1-2H3;6,8H,1-5H3;6-8H,5H2,1-4H3;7H,5-6H2,1-4H3;5-7H,3-4H2,1-2H3;5,7H,3-4H2,1-2H3;5-6H,1-4H3;5,7H,4H2,1-2H3;2*5-6H,4H2,1-3H3;4-6H,3H2,1-2H3;11*3H2,1-2H3. The lowest BCUT2D eigenvalue weighted by molar-refractivity contribution is 0.248. The summed E-state index contributed by atoms with van der Waals surface area (Å²) in [4.78, 5) is 5.46. The molecule has 0 saturated heterocycles. The van der Waals surface area contributed by atoms with Crippen molar-refractivity contribution in [3.63, 3.8) is 0 Å². The SMILES string of the molecule is CC(C)CNC(C)C.CC(C)NC(C)(C)C.CC(C)NC1CC1.CC(C)NCC1CC1.CC(C)NCCF.CC(C)NCO.CC(C)NN(C)C.CCC.CCC.CCC.CCC.CCC.CCC.CCC.CCC.CCC.CCC.CCC.CCCN(C)C(C)C.CCNC(C)C.CCNC(C)C.[C-]#[N+]CNC(C)C. The molecule has 111 heavy (non-hydrogen) atoms. The monoisotopic (exact) mass is 1610 g/mol. The predicted octanol–water partition coefficient (Wildman–Crippen LogP) is 27.5. The minimum atomic E-state index is -0.266. The molecule has 15 heteroatoms. The van der Waals surface area contributed by atoms with Gasteiger partial charge in [0, 0.05) is 98.7 Å². The molecule has 0 bridgehead atoms. The van der Waals surface area contributed by atoms with Crippen molar-refractivity contribution in [1.29, 1.82) is 0 Å². The molecule has 0 aromatic heterocycles. The highest BCUT2D eigenvalue weighted by Crippen LogP contribution is 2.27. The summed E-state index contributed by atoms with van der Waals surface area (Å²) in [5, 5.41) is 38.7. The Morgan fingerprint density at radius 3 is 0.748 bits per heavy atom. The maximum Gasteiger partial charge on any atom is 0.268 e. The van der Waals surface area contributed by atoms with Gasteiger partial charge in [-0.3, -0.25) is 20.6 Å². The number of aliphatic hydroxyl groups is 1. The molecule has 0 heterocycles. The number of nitrogens with zero attached hydrogens (tertiary/aromatic N) is 3. The predicted molar refractivity (Wildman–Crippen MR) is 531 cm³/mol. The summed E-state index contributed by atoms with van der Waals surface area (Å²) in [7, 11) is 6.13. The lowest BCUT2D eigenvalue weighted by atomic mass is 10.1. The highest BCUT2D eigenvalue weighted by molar-refractivity contribution is 4.82. The van der Waals surface area contributed by atoms with Crippen LogP contribution in [0.25, 0.3) is 4.85 Å². The largest absolute Gasteiger partial charge is 0.381 e. The van der Waals surface area contributed by atoms with Gasteiger partial charge in [-0.2, -0.15) is 0 Å². The second kappa shape index (κ2) is 160. The molecule has 0 amide bonds. The first kappa shape index (κ1) is 161. The Kier molecular flexibility index (Phi) is 233. The van der Waals surface area contributed by atoms with Crippen LogP contribution in [0.3, 0.4) is 0 Å². The molecule has 0 aromatic rings. The van der Waals surface area contributed by atoms with E-state index in [1.54, 1.807) is 0 Å². The van der Waals surface area contributed by atoms with Crippen LogP contribution in [0.4, 0.5) is 4.39 Å². The van der Waals surface area contributed by atoms with Crippen LogP contribution in [-0.4, -0.2) is 174 Å². The summed E-state index contributed by atoms with van der Waals surface area (Å²) in [5.74, 6) is 1.80. The fraction of sp³-hybridized carbons (Fsp3) is 0.990. The second-order valence-electron chi connectivity index (χ2n) is 33.1. The third-order valence-corrected chi connectivity index (χ3v) is 9.24. The smallest absolute Gasteiger partial charge is 0.268 e. The number of alkyl halides is 1. The second-order valence-corrected chi connectivity index (χ2v) is 33.1. The molecule has 2 rings (SSSR count). The Balaban J connectivity index is -0.0000000439. The van der Waals surface area contributed by atoms with E-state index in [9.17, 15) is 4.39 Å². The molecule has 702 valence electrons. The number of aliphatic hydroxyl groups excluding tert-OH is 1. The van der Waals surface area contributed by atoms with Crippen molar-refractivity contribution < 1.29 is 9.50 Å². The number of hydrogen-bond acceptors (Lipinski definition) is 13. The van der Waals surface area contributed by atoms with Gasteiger partial charge in [0.15, 0.2) is 0 Å². The van der Waals surface area contributed by atoms with Crippen molar-refractivity contribution in [2.24, 2.45) is 11.8 Å². The lowest BCUT2D eigenvalue weighted by Gasteiger charge is -2.23. The fourth-order valence-corrected chi connectivity index (χ4v) is 5.48. The molecule has 0 atom stereocenters. The lowest BCUT2D eigenvalue weighted by Crippen LogP contribution is -2.40. The van der Waals surface area contributed by atoms with E-state index in [1.165, 1.54) is 116 Å². The molecular formula is C96H240FN13O. The summed E-state index contributed by atoms with van der Waals surface area (Å²) in [6.45, 7) is 124. The van der Waals surface area contributed by atoms with Gasteiger partial charge in [0.1, 0.15) is 6.67 Å². The van der Waals surface area contributed by atoms with Crippen molar-refractivity contribution in [3.8, 4) is 0 Å². The van der Waals surface area contributed by atoms with Gasteiger partial charge >= 0.3 is 0 Å². The van der Waals surface area contributed by atoms with E-state index in [1.807, 2.05) is 60.6 Å². The van der Waals surface area contributed by atoms with E-state index < -0.39 is 0 Å². The van der Waals surface area contributed by atoms with Crippen LogP contribution in [-0.2, 0) is 0 Å². The number of hydrogen-bond donors (Lipinski definition) is 11. The molecule has 0 spiro atoms. The zero-order valence-electron chi connectivity index (χ0n) is 88.9. The zero-order chi connectivity index (χ0) is 93.2. The highest BCUT2D eigenvalue weighted by atomic mass is 19.1. The highest BCUT2D eigenvalue weighted by Gasteiger charge is 2.21. The first-order valence-corrected chi connectivity index (χ1v) is 46.6. The Morgan fingerprint density at radius 1 is 0.387 bits per heavy atom. The van der Waals surface area contributed by atoms with Crippen molar-refractivity contribution in [2.45, 2.75) is 541 Å². The molecule has 11 N–H and O–H groups in total. The van der Waals surface area contributed by atoms with Crippen molar-refractivity contribution in [3.05, 3.63) is 11.4 Å². The Labute approximate surface area is 713 Å². The van der Waals surface area contributed by atoms with Crippen LogP contribution < -0.4 is 53.3 Å². The van der Waals surface area contributed by atoms with Crippen molar-refractivity contribution >= 4 is 0 Å². The summed E-state index contributed by atoms with van der Waals surface area (Å²) in [5.41, 5.74) is 3.41. The van der Waals surface area contributed by atoms with E-state index in [2.05, 4.69) is 389 Å². The maximum absolute atomic E-state index is 11.3. The van der Waals surface area contributed by atoms with Gasteiger partial charge in [-0.25, -0.2) is 16.3 Å². The summed E-state index contributed by atoms with van der Waals surface area (Å²) in [6.07, 6.45) is 20.7. The van der Waals surface area contributed by atoms with Crippen LogP contribution >= 0.6 is 0 Å². The Bertz CT molecular complexity index is 1170. The average molecular weight is 1610 g/mol. The molecular weight excluding hydrogens is 1370 g/mol. The van der Waals surface area contributed by atoms with Crippen LogP contribution in [0.1, 0.15) is 463 Å². The van der Waals surface area contributed by atoms with Crippen LogP contribution in [0.2, 0.25) is 0 Å². The minimum absolute atomic E-state index is 0.0810. The molecule has 0 unspecified atom stereocenters. The molecule has 0 radical (unpaired) electrons. The van der Waals surface area contributed by atoms with Gasteiger partial charge in [0.25, 0.3) is 6.67 Å². The Morgan fingerprint density at radius 2 is 0.676 bits per heavy atom. The van der Waals surface area contributed by atoms with Crippen LogP contribution in [0.5, 0.6) is 0 Å². The molecule has 2 aliphatic carbocycles. The van der Waals surface area contributed by atoms with Gasteiger partial charge in [-0.15, -0.1) is 0 Å². The molecule has 0 aromatic carbocycles. The Hall–Kier alpha value is -1.10. The summed E-state index contributed by atoms with van der Waals surface area (Å²) in [6, 6.07) is 7.27. The van der Waals surface area contributed by atoms with Gasteiger partial charge in [0.2, 0.25) is 0 Å². The van der Waals surface area contributed by atoms with E-state index in [0.29, 0.717) is 79.7 Å². The van der Waals surface area contributed by atoms with Gasteiger partial charge in [-0.1, -0.05) is 355 Å². The minimum Gasteiger partial charge on any atom is -0.381 e. The molecule has 2 aliphatic rings. The van der Waals surface area contributed by atoms with E-state index in [0.717, 1.165) is 37.5 Å². The van der Waals surface area contributed by atoms with E-state index >= 15 is 0 Å². The van der Waals surface area contributed by atoms with Crippen LogP contribution in [0.15, 0.2) is 0 Å². The zero-order valence-corrected chi connectivity index (χ0v) is 88.9. The van der Waals surface area contributed by atoms with Gasteiger partial charge in [-0.05, 0) is 160 Å². The van der Waals surface area contributed by atoms with Gasteiger partial charge in [0.05, 0.1) is 6.73 Å². The summed E-state index contributed by atoms with van der Waals surface area (Å²) < 4.78 is 11.3. The molecule has 2 fully saturated rings. The number of hydrazine groups is 1. The number of nitrogens with one attached hydrogen (secondary N) is 10. The first-order valence-electron chi connectivity index (χ1n) is 46.6. The van der Waals surface area contributed by atoms with Crippen molar-refractivity contribution in [1.82, 2.24) is 63.2 Å². The van der Waals surface area contributed by atoms with Crippen LogP contribution in [0, 0.1) is 18.4 Å². The first-order chi connectivity index (χ1) is 51.3. The van der Waals surface area contributed by atoms with Crippen molar-refractivity contribution in [2.75, 3.05) is 80.5 Å². The third kappa shape index (κ3) is 462. The quantitative estimate of drug-likeness (QED) is 0.0239. The maximum atomic E-state index is 11.3. The van der Waals surface area contributed by atoms with Gasteiger partial charge < -0.3 is 47.2 Å². The summed E-state index contributed by atoms with van der Waals surface area (Å²) >= 11 is 0. The molecule has 14 nitrogen and oxygen atoms in total. The fourth-order valence-electron chi connectivity index (χ4n) is 5.48. The normalized spacial score (nSPS) is 10.6. The van der Waals surface area contributed by atoms with E-state index in [-0.39, 0.29) is 18.9 Å².